The fourth-order valence-electron chi connectivity index (χ4n) is 3.02. The van der Waals surface area contributed by atoms with E-state index in [9.17, 15) is 9.59 Å². The maximum absolute atomic E-state index is 12.5. The molecule has 1 aromatic rings. The van der Waals surface area contributed by atoms with Crippen molar-refractivity contribution in [2.45, 2.75) is 39.0 Å². The molecule has 1 aliphatic heterocycles. The predicted octanol–water partition coefficient (Wildman–Crippen LogP) is 3.53. The molecule has 2 atom stereocenters. The van der Waals surface area contributed by atoms with Gasteiger partial charge in [0.2, 0.25) is 5.91 Å². The zero-order valence-electron chi connectivity index (χ0n) is 15.2. The molecular formula is C19H29N3O2. The second kappa shape index (κ2) is 8.18. The highest BCUT2D eigenvalue weighted by molar-refractivity contribution is 5.93. The van der Waals surface area contributed by atoms with Crippen molar-refractivity contribution in [2.75, 3.05) is 32.5 Å². The zero-order valence-corrected chi connectivity index (χ0v) is 15.2. The number of carbonyl (C=O) groups is 2. The average molecular weight is 331 g/mol. The summed E-state index contributed by atoms with van der Waals surface area (Å²) in [6, 6.07) is 8.06. The summed E-state index contributed by atoms with van der Waals surface area (Å²) in [4.78, 5) is 27.9. The first-order valence-electron chi connectivity index (χ1n) is 8.79. The van der Waals surface area contributed by atoms with E-state index in [0.717, 1.165) is 31.5 Å². The second-order valence-electron chi connectivity index (χ2n) is 6.88. The van der Waals surface area contributed by atoms with Crippen LogP contribution in [0.1, 0.15) is 44.6 Å². The van der Waals surface area contributed by atoms with E-state index in [-0.39, 0.29) is 17.9 Å². The van der Waals surface area contributed by atoms with Gasteiger partial charge in [-0.2, -0.15) is 0 Å². The molecule has 3 amide bonds. The van der Waals surface area contributed by atoms with E-state index in [1.807, 2.05) is 12.1 Å². The van der Waals surface area contributed by atoms with Gasteiger partial charge >= 0.3 is 6.03 Å². The largest absolute Gasteiger partial charge is 0.331 e. The van der Waals surface area contributed by atoms with E-state index in [1.54, 1.807) is 23.9 Å². The maximum Gasteiger partial charge on any atom is 0.319 e. The molecular weight excluding hydrogens is 302 g/mol. The molecule has 1 aliphatic rings. The first-order valence-corrected chi connectivity index (χ1v) is 8.79. The van der Waals surface area contributed by atoms with Gasteiger partial charge in [-0.05, 0) is 42.9 Å². The highest BCUT2D eigenvalue weighted by Gasteiger charge is 2.29. The van der Waals surface area contributed by atoms with Crippen LogP contribution in [0.3, 0.4) is 0 Å². The summed E-state index contributed by atoms with van der Waals surface area (Å²) in [6.07, 6.45) is 2.79. The van der Waals surface area contributed by atoms with E-state index in [4.69, 9.17) is 0 Å². The first kappa shape index (κ1) is 18.3. The Kier molecular flexibility index (Phi) is 6.23. The van der Waals surface area contributed by atoms with Crippen molar-refractivity contribution < 1.29 is 9.59 Å². The van der Waals surface area contributed by atoms with Crippen molar-refractivity contribution >= 4 is 17.6 Å². The summed E-state index contributed by atoms with van der Waals surface area (Å²) in [6.45, 7) is 5.59. The van der Waals surface area contributed by atoms with E-state index >= 15 is 0 Å². The summed E-state index contributed by atoms with van der Waals surface area (Å²) >= 11 is 0. The van der Waals surface area contributed by atoms with Crippen LogP contribution in [0.5, 0.6) is 0 Å². The number of nitrogens with one attached hydrogen (secondary N) is 1. The summed E-state index contributed by atoms with van der Waals surface area (Å²) in [5.74, 6) is 0.387. The van der Waals surface area contributed by atoms with Gasteiger partial charge in [0.25, 0.3) is 0 Å². The van der Waals surface area contributed by atoms with Crippen LogP contribution in [0, 0.1) is 5.92 Å². The lowest BCUT2D eigenvalue weighted by atomic mass is 9.96. The number of hydrogen-bond acceptors (Lipinski definition) is 2. The Morgan fingerprint density at radius 2 is 1.96 bits per heavy atom. The first-order chi connectivity index (χ1) is 11.4. The summed E-state index contributed by atoms with van der Waals surface area (Å²) in [5.41, 5.74) is 2.11. The van der Waals surface area contributed by atoms with Gasteiger partial charge in [-0.1, -0.05) is 26.0 Å². The minimum Gasteiger partial charge on any atom is -0.331 e. The number of urea groups is 1. The number of amides is 3. The van der Waals surface area contributed by atoms with Crippen LogP contribution in [-0.4, -0.2) is 48.9 Å². The van der Waals surface area contributed by atoms with Crippen molar-refractivity contribution in [3.8, 4) is 0 Å². The maximum atomic E-state index is 12.5. The van der Waals surface area contributed by atoms with Gasteiger partial charge in [0.1, 0.15) is 0 Å². The zero-order chi connectivity index (χ0) is 17.7. The standard InChI is InChI=1S/C19H29N3O2/c1-5-14(2)15-8-10-17(11-9-15)20-18(23)16-7-6-12-22(13-16)19(24)21(3)4/h8-11,14,16H,5-7,12-13H2,1-4H3,(H,20,23)/t14-,16+/m0/s1. The molecule has 1 saturated heterocycles. The van der Waals surface area contributed by atoms with Crippen LogP contribution in [0.4, 0.5) is 10.5 Å². The van der Waals surface area contributed by atoms with Crippen molar-refractivity contribution in [3.05, 3.63) is 29.8 Å². The lowest BCUT2D eigenvalue weighted by molar-refractivity contribution is -0.121. The average Bonchev–Trinajstić information content (AvgIpc) is 2.61. The number of carbonyl (C=O) groups excluding carboxylic acids is 2. The highest BCUT2D eigenvalue weighted by atomic mass is 16.2. The third-order valence-corrected chi connectivity index (χ3v) is 4.80. The SMILES string of the molecule is CC[C@H](C)c1ccc(NC(=O)[C@@H]2CCCN(C(=O)N(C)C)C2)cc1. The van der Waals surface area contributed by atoms with E-state index in [1.165, 1.54) is 5.56 Å². The number of anilines is 1. The third kappa shape index (κ3) is 4.49. The molecule has 1 N–H and O–H groups in total. The van der Waals surface area contributed by atoms with E-state index < -0.39 is 0 Å². The molecule has 5 heteroatoms. The van der Waals surface area contributed by atoms with Gasteiger partial charge < -0.3 is 15.1 Å². The Balaban J connectivity index is 1.95. The Labute approximate surface area is 145 Å². The topological polar surface area (TPSA) is 52.7 Å². The van der Waals surface area contributed by atoms with Crippen LogP contribution < -0.4 is 5.32 Å². The highest BCUT2D eigenvalue weighted by Crippen LogP contribution is 2.22. The lowest BCUT2D eigenvalue weighted by Crippen LogP contribution is -2.47. The molecule has 0 aliphatic carbocycles. The molecule has 1 fully saturated rings. The van der Waals surface area contributed by atoms with Crippen molar-refractivity contribution in [3.63, 3.8) is 0 Å². The summed E-state index contributed by atoms with van der Waals surface area (Å²) in [7, 11) is 3.48. The molecule has 1 aromatic carbocycles. The fraction of sp³-hybridized carbons (Fsp3) is 0.579. The number of likely N-dealkylation sites (tertiary alicyclic amines) is 1. The second-order valence-corrected chi connectivity index (χ2v) is 6.88. The third-order valence-electron chi connectivity index (χ3n) is 4.80. The minimum absolute atomic E-state index is 0.00236. The molecule has 0 radical (unpaired) electrons. The molecule has 1 heterocycles. The van der Waals surface area contributed by atoms with Crippen LogP contribution in [0.2, 0.25) is 0 Å². The van der Waals surface area contributed by atoms with E-state index in [0.29, 0.717) is 12.5 Å². The van der Waals surface area contributed by atoms with Gasteiger partial charge in [0.15, 0.2) is 0 Å². The Morgan fingerprint density at radius 1 is 1.29 bits per heavy atom. The molecule has 5 nitrogen and oxygen atoms in total. The van der Waals surface area contributed by atoms with Crippen LogP contribution >= 0.6 is 0 Å². The van der Waals surface area contributed by atoms with Crippen molar-refractivity contribution in [2.24, 2.45) is 5.92 Å². The molecule has 0 aromatic heterocycles. The predicted molar refractivity (Wildman–Crippen MR) is 97.2 cm³/mol. The summed E-state index contributed by atoms with van der Waals surface area (Å²) < 4.78 is 0. The Bertz CT molecular complexity index is 568. The van der Waals surface area contributed by atoms with Gasteiger partial charge in [0, 0.05) is 32.9 Å². The number of nitrogens with zero attached hydrogens (tertiary/aromatic N) is 2. The number of benzene rings is 1. The molecule has 24 heavy (non-hydrogen) atoms. The van der Waals surface area contributed by atoms with Gasteiger partial charge in [-0.3, -0.25) is 4.79 Å². The normalized spacial score (nSPS) is 18.8. The molecule has 0 bridgehead atoms. The van der Waals surface area contributed by atoms with Crippen LogP contribution in [-0.2, 0) is 4.79 Å². The Hall–Kier alpha value is -2.04. The molecule has 2 rings (SSSR count). The number of hydrogen-bond donors (Lipinski definition) is 1. The molecule has 0 spiro atoms. The Morgan fingerprint density at radius 3 is 2.54 bits per heavy atom. The van der Waals surface area contributed by atoms with Gasteiger partial charge in [0.05, 0.1) is 5.92 Å². The summed E-state index contributed by atoms with van der Waals surface area (Å²) in [5, 5.41) is 2.99. The number of piperidine rings is 1. The molecule has 0 saturated carbocycles. The lowest BCUT2D eigenvalue weighted by Gasteiger charge is -2.33. The quantitative estimate of drug-likeness (QED) is 0.917. The van der Waals surface area contributed by atoms with Crippen molar-refractivity contribution in [1.29, 1.82) is 0 Å². The van der Waals surface area contributed by atoms with Gasteiger partial charge in [-0.15, -0.1) is 0 Å². The molecule has 0 unspecified atom stereocenters. The monoisotopic (exact) mass is 331 g/mol. The van der Waals surface area contributed by atoms with Crippen molar-refractivity contribution in [1.82, 2.24) is 9.80 Å². The van der Waals surface area contributed by atoms with Crippen LogP contribution in [0.25, 0.3) is 0 Å². The van der Waals surface area contributed by atoms with E-state index in [2.05, 4.69) is 31.3 Å². The number of rotatable bonds is 4. The fourth-order valence-corrected chi connectivity index (χ4v) is 3.02. The van der Waals surface area contributed by atoms with Crippen LogP contribution in [0.15, 0.2) is 24.3 Å². The molecule has 132 valence electrons. The van der Waals surface area contributed by atoms with Gasteiger partial charge in [-0.25, -0.2) is 4.79 Å². The smallest absolute Gasteiger partial charge is 0.319 e. The minimum atomic E-state index is -0.142.